The van der Waals surface area contributed by atoms with Crippen LogP contribution in [0.15, 0.2) is 0 Å². The first-order valence-electron chi connectivity index (χ1n) is 7.57. The molecule has 19 heavy (non-hydrogen) atoms. The zero-order chi connectivity index (χ0) is 13.4. The van der Waals surface area contributed by atoms with E-state index in [1.807, 2.05) is 0 Å². The molecular weight excluding hydrogens is 240 g/mol. The predicted octanol–water partition coefficient (Wildman–Crippen LogP) is 2.13. The summed E-state index contributed by atoms with van der Waals surface area (Å²) in [6.07, 6.45) is 3.23. The van der Waals surface area contributed by atoms with E-state index in [0.717, 1.165) is 12.8 Å². The Kier molecular flexibility index (Phi) is 1.42. The van der Waals surface area contributed by atoms with Crippen molar-refractivity contribution in [1.82, 2.24) is 0 Å². The third-order valence-corrected chi connectivity index (χ3v) is 7.41. The average Bonchev–Trinajstić information content (AvgIpc) is 2.65. The summed E-state index contributed by atoms with van der Waals surface area (Å²) in [4.78, 5) is 25.3. The standard InChI is InChI=1S/C16H20O3/c1-13(2)9-4-5-14(3)7-11(18)15-10(13)6-8(17)12(15)16(9,15)19-14/h9-10,12H,4-7H2,1-3H3/t9-,10-,12-,14-,15-,16+/m0/s1. The second-order valence-corrected chi connectivity index (χ2v) is 8.38. The Hall–Kier alpha value is -0.700. The smallest absolute Gasteiger partial charge is 0.145 e. The molecule has 102 valence electrons. The Morgan fingerprint density at radius 2 is 1.89 bits per heavy atom. The highest BCUT2D eigenvalue weighted by atomic mass is 16.5. The van der Waals surface area contributed by atoms with E-state index in [-0.39, 0.29) is 22.9 Å². The van der Waals surface area contributed by atoms with E-state index in [0.29, 0.717) is 30.3 Å². The highest BCUT2D eigenvalue weighted by Crippen LogP contribution is 2.90. The first-order chi connectivity index (χ1) is 8.81. The van der Waals surface area contributed by atoms with Crippen molar-refractivity contribution in [3.05, 3.63) is 0 Å². The molecule has 3 aliphatic carbocycles. The summed E-state index contributed by atoms with van der Waals surface area (Å²) in [5, 5.41) is 0. The van der Waals surface area contributed by atoms with Crippen LogP contribution in [0.4, 0.5) is 0 Å². The molecule has 6 atom stereocenters. The van der Waals surface area contributed by atoms with Crippen molar-refractivity contribution < 1.29 is 14.3 Å². The number of carbonyl (C=O) groups excluding carboxylic acids is 2. The van der Waals surface area contributed by atoms with Gasteiger partial charge >= 0.3 is 0 Å². The molecule has 5 aliphatic rings. The second-order valence-electron chi connectivity index (χ2n) is 8.38. The molecule has 2 spiro atoms. The van der Waals surface area contributed by atoms with Crippen molar-refractivity contribution >= 4 is 11.6 Å². The molecule has 2 saturated heterocycles. The molecule has 0 aromatic rings. The second kappa shape index (κ2) is 2.45. The van der Waals surface area contributed by atoms with Crippen LogP contribution in [0.3, 0.4) is 0 Å². The van der Waals surface area contributed by atoms with Gasteiger partial charge in [-0.05, 0) is 37.0 Å². The molecule has 0 unspecified atom stereocenters. The van der Waals surface area contributed by atoms with E-state index in [4.69, 9.17) is 4.74 Å². The molecule has 2 heterocycles. The normalized spacial score (nSPS) is 63.2. The van der Waals surface area contributed by atoms with Crippen LogP contribution in [0.2, 0.25) is 0 Å². The molecule has 3 heteroatoms. The number of ketones is 2. The number of rotatable bonds is 0. The summed E-state index contributed by atoms with van der Waals surface area (Å²) in [6, 6.07) is 0. The first kappa shape index (κ1) is 11.0. The number of Topliss-reactive ketones (excluding diaryl/α,β-unsaturated/α-hetero) is 2. The zero-order valence-electron chi connectivity index (χ0n) is 11.8. The van der Waals surface area contributed by atoms with Gasteiger partial charge in [0.1, 0.15) is 11.6 Å². The monoisotopic (exact) mass is 260 g/mol. The fourth-order valence-corrected chi connectivity index (χ4v) is 6.97. The van der Waals surface area contributed by atoms with E-state index in [1.54, 1.807) is 0 Å². The lowest BCUT2D eigenvalue weighted by Gasteiger charge is -2.48. The fraction of sp³-hybridized carbons (Fsp3) is 0.875. The van der Waals surface area contributed by atoms with Crippen LogP contribution in [-0.4, -0.2) is 22.8 Å². The zero-order valence-corrected chi connectivity index (χ0v) is 11.8. The quantitative estimate of drug-likeness (QED) is 0.670. The van der Waals surface area contributed by atoms with Crippen molar-refractivity contribution in [2.75, 3.05) is 0 Å². The van der Waals surface area contributed by atoms with Gasteiger partial charge in [-0.3, -0.25) is 9.59 Å². The van der Waals surface area contributed by atoms with Gasteiger partial charge in [0.2, 0.25) is 0 Å². The Bertz CT molecular complexity index is 564. The number of fused-ring (bicyclic) bond motifs is 1. The van der Waals surface area contributed by atoms with Crippen LogP contribution < -0.4 is 0 Å². The maximum absolute atomic E-state index is 12.9. The van der Waals surface area contributed by atoms with Gasteiger partial charge in [-0.25, -0.2) is 0 Å². The predicted molar refractivity (Wildman–Crippen MR) is 67.4 cm³/mol. The summed E-state index contributed by atoms with van der Waals surface area (Å²) < 4.78 is 6.52. The van der Waals surface area contributed by atoms with Crippen LogP contribution in [0, 0.1) is 28.6 Å². The minimum absolute atomic E-state index is 0.0734. The fourth-order valence-electron chi connectivity index (χ4n) is 6.97. The molecule has 3 nitrogen and oxygen atoms in total. The van der Waals surface area contributed by atoms with Crippen molar-refractivity contribution in [1.29, 1.82) is 0 Å². The van der Waals surface area contributed by atoms with Crippen LogP contribution >= 0.6 is 0 Å². The Balaban J connectivity index is 1.82. The van der Waals surface area contributed by atoms with Gasteiger partial charge in [0.15, 0.2) is 0 Å². The van der Waals surface area contributed by atoms with Crippen LogP contribution in [-0.2, 0) is 14.3 Å². The molecule has 5 fully saturated rings. The van der Waals surface area contributed by atoms with Crippen molar-refractivity contribution in [3.63, 3.8) is 0 Å². The maximum atomic E-state index is 12.9. The van der Waals surface area contributed by atoms with E-state index in [1.165, 1.54) is 0 Å². The third-order valence-electron chi connectivity index (χ3n) is 7.41. The molecule has 2 aliphatic heterocycles. The number of ether oxygens (including phenoxy) is 1. The van der Waals surface area contributed by atoms with Crippen LogP contribution in [0.5, 0.6) is 0 Å². The molecule has 0 aromatic carbocycles. The van der Waals surface area contributed by atoms with E-state index >= 15 is 0 Å². The van der Waals surface area contributed by atoms with Crippen molar-refractivity contribution in [2.45, 2.75) is 57.7 Å². The minimum atomic E-state index is -0.405. The molecule has 2 bridgehead atoms. The molecule has 0 amide bonds. The van der Waals surface area contributed by atoms with E-state index in [9.17, 15) is 9.59 Å². The average molecular weight is 260 g/mol. The summed E-state index contributed by atoms with van der Waals surface area (Å²) in [6.45, 7) is 6.60. The van der Waals surface area contributed by atoms with Crippen molar-refractivity contribution in [2.24, 2.45) is 28.6 Å². The lowest BCUT2D eigenvalue weighted by molar-refractivity contribution is -0.201. The lowest BCUT2D eigenvalue weighted by Crippen LogP contribution is -2.53. The Morgan fingerprint density at radius 1 is 1.16 bits per heavy atom. The van der Waals surface area contributed by atoms with Crippen LogP contribution in [0.25, 0.3) is 0 Å². The third kappa shape index (κ3) is 0.754. The van der Waals surface area contributed by atoms with Gasteiger partial charge in [0, 0.05) is 12.8 Å². The van der Waals surface area contributed by atoms with Gasteiger partial charge in [-0.2, -0.15) is 0 Å². The Labute approximate surface area is 113 Å². The number of hydrogen-bond acceptors (Lipinski definition) is 3. The van der Waals surface area contributed by atoms with Crippen LogP contribution in [0.1, 0.15) is 46.5 Å². The van der Waals surface area contributed by atoms with Gasteiger partial charge in [0.25, 0.3) is 0 Å². The molecular formula is C16H20O3. The van der Waals surface area contributed by atoms with Gasteiger partial charge in [-0.15, -0.1) is 0 Å². The Morgan fingerprint density at radius 3 is 2.63 bits per heavy atom. The largest absolute Gasteiger partial charge is 0.366 e. The number of carbonyl (C=O) groups is 2. The molecule has 0 N–H and O–H groups in total. The SMILES string of the molecule is CC1(C)[C@@H]2CC[C@@]3(C)CC(=O)[C@]45[C@H](C(=O)C[C@@H]14)[C@]25O3. The van der Waals surface area contributed by atoms with E-state index < -0.39 is 11.0 Å². The van der Waals surface area contributed by atoms with Gasteiger partial charge < -0.3 is 4.74 Å². The van der Waals surface area contributed by atoms with Gasteiger partial charge in [0.05, 0.1) is 22.5 Å². The highest BCUT2D eigenvalue weighted by molar-refractivity contribution is 6.07. The highest BCUT2D eigenvalue weighted by Gasteiger charge is 2.99. The number of hydrogen-bond donors (Lipinski definition) is 0. The molecule has 5 rings (SSSR count). The minimum Gasteiger partial charge on any atom is -0.366 e. The topological polar surface area (TPSA) is 43.4 Å². The summed E-state index contributed by atoms with van der Waals surface area (Å²) >= 11 is 0. The summed E-state index contributed by atoms with van der Waals surface area (Å²) in [5.41, 5.74) is -1.02. The van der Waals surface area contributed by atoms with Crippen molar-refractivity contribution in [3.8, 4) is 0 Å². The maximum Gasteiger partial charge on any atom is 0.145 e. The molecule has 0 aromatic heterocycles. The molecule has 3 saturated carbocycles. The lowest BCUT2D eigenvalue weighted by atomic mass is 9.68. The molecule has 0 radical (unpaired) electrons. The summed E-state index contributed by atoms with van der Waals surface area (Å²) in [7, 11) is 0. The van der Waals surface area contributed by atoms with E-state index in [2.05, 4.69) is 20.8 Å². The summed E-state index contributed by atoms with van der Waals surface area (Å²) in [5.74, 6) is 1.20. The van der Waals surface area contributed by atoms with Gasteiger partial charge in [-0.1, -0.05) is 13.8 Å². The first-order valence-corrected chi connectivity index (χ1v) is 7.57.